The third-order valence-electron chi connectivity index (χ3n) is 5.12. The van der Waals surface area contributed by atoms with Crippen LogP contribution in [0.2, 0.25) is 0 Å². The molecule has 176 valence electrons. The van der Waals surface area contributed by atoms with E-state index in [2.05, 4.69) is 10.2 Å². The highest BCUT2D eigenvalue weighted by atomic mass is 32.2. The highest BCUT2D eigenvalue weighted by Gasteiger charge is 2.31. The second-order valence-corrected chi connectivity index (χ2v) is 8.68. The largest absolute Gasteiger partial charge is 0.482 e. The number of carbonyl (C=O) groups is 1. The lowest BCUT2D eigenvalue weighted by atomic mass is 10.0. The second-order valence-electron chi connectivity index (χ2n) is 7.50. The number of aromatic amines is 1. The number of rotatable bonds is 7. The summed E-state index contributed by atoms with van der Waals surface area (Å²) in [6.07, 6.45) is -4.47. The highest BCUT2D eigenvalue weighted by Crippen LogP contribution is 2.44. The van der Waals surface area contributed by atoms with Gasteiger partial charge in [0.25, 0.3) is 0 Å². The Labute approximate surface area is 195 Å². The van der Waals surface area contributed by atoms with Gasteiger partial charge in [0.05, 0.1) is 16.5 Å². The van der Waals surface area contributed by atoms with Crippen LogP contribution in [-0.4, -0.2) is 27.9 Å². The Morgan fingerprint density at radius 1 is 1.15 bits per heavy atom. The zero-order chi connectivity index (χ0) is 24.5. The fourth-order valence-corrected chi connectivity index (χ4v) is 4.74. The number of thioether (sulfide) groups is 1. The summed E-state index contributed by atoms with van der Waals surface area (Å²) >= 11 is 1.32. The number of aliphatic carboxylic acids is 1. The molecule has 1 heterocycles. The maximum Gasteiger partial charge on any atom is 0.416 e. The van der Waals surface area contributed by atoms with Crippen molar-refractivity contribution in [1.29, 1.82) is 0 Å². The van der Waals surface area contributed by atoms with Gasteiger partial charge in [-0.25, -0.2) is 9.18 Å². The number of carboxylic acid groups (broad SMARTS) is 1. The molecule has 4 rings (SSSR count). The Kier molecular flexibility index (Phi) is 6.52. The number of aryl methyl sites for hydroxylation is 1. The zero-order valence-corrected chi connectivity index (χ0v) is 18.5. The standard InChI is InChI=1S/C24H18F4N2O3S/c1-13-11-16(9-10-19(13)33-12-20(31)32)34-23(14-5-7-15(8-6-14)24(26,27)28)22-17-3-2-4-18(25)21(17)29-30-22/h2-11,23H,12H2,1H3,(H,29,30)(H,31,32). The van der Waals surface area contributed by atoms with Crippen LogP contribution in [0.3, 0.4) is 0 Å². The molecule has 1 unspecified atom stereocenters. The molecule has 0 fully saturated rings. The van der Waals surface area contributed by atoms with E-state index < -0.39 is 35.4 Å². The number of hydrogen-bond donors (Lipinski definition) is 2. The average Bonchev–Trinajstić information content (AvgIpc) is 3.21. The summed E-state index contributed by atoms with van der Waals surface area (Å²) in [7, 11) is 0. The predicted octanol–water partition coefficient (Wildman–Crippen LogP) is 6.37. The van der Waals surface area contributed by atoms with Gasteiger partial charge in [0.15, 0.2) is 6.61 Å². The first-order valence-electron chi connectivity index (χ1n) is 10.0. The minimum absolute atomic E-state index is 0.212. The maximum atomic E-state index is 14.2. The number of halogens is 4. The van der Waals surface area contributed by atoms with Gasteiger partial charge in [-0.15, -0.1) is 11.8 Å². The number of carboxylic acids is 1. The smallest absolute Gasteiger partial charge is 0.416 e. The molecule has 0 saturated heterocycles. The van der Waals surface area contributed by atoms with Crippen LogP contribution in [0.25, 0.3) is 10.9 Å². The van der Waals surface area contributed by atoms with E-state index in [1.54, 1.807) is 37.3 Å². The van der Waals surface area contributed by atoms with Gasteiger partial charge in [0, 0.05) is 10.3 Å². The van der Waals surface area contributed by atoms with E-state index in [1.807, 2.05) is 0 Å². The molecule has 0 amide bonds. The fourth-order valence-electron chi connectivity index (χ4n) is 3.49. The molecule has 1 aromatic heterocycles. The molecule has 2 N–H and O–H groups in total. The van der Waals surface area contributed by atoms with Crippen LogP contribution in [-0.2, 0) is 11.0 Å². The SMILES string of the molecule is Cc1cc(SC(c2ccc(C(F)(F)F)cc2)c2n[nH]c3c(F)cccc23)ccc1OCC(=O)O. The van der Waals surface area contributed by atoms with Gasteiger partial charge in [-0.3, -0.25) is 5.10 Å². The topological polar surface area (TPSA) is 75.2 Å². The first kappa shape index (κ1) is 23.6. The van der Waals surface area contributed by atoms with Crippen molar-refractivity contribution in [3.8, 4) is 5.75 Å². The summed E-state index contributed by atoms with van der Waals surface area (Å²) in [5.74, 6) is -1.17. The molecular formula is C24H18F4N2O3S. The van der Waals surface area contributed by atoms with Gasteiger partial charge >= 0.3 is 12.1 Å². The monoisotopic (exact) mass is 490 g/mol. The third kappa shape index (κ3) is 5.01. The van der Waals surface area contributed by atoms with Crippen molar-refractivity contribution >= 4 is 28.6 Å². The van der Waals surface area contributed by atoms with Crippen molar-refractivity contribution < 1.29 is 32.2 Å². The Hall–Kier alpha value is -3.53. The molecule has 0 aliphatic carbocycles. The molecule has 0 radical (unpaired) electrons. The molecule has 3 aromatic carbocycles. The molecule has 0 saturated carbocycles. The van der Waals surface area contributed by atoms with Gasteiger partial charge in [0.2, 0.25) is 0 Å². The average molecular weight is 490 g/mol. The summed E-state index contributed by atoms with van der Waals surface area (Å²) in [6.45, 7) is 1.28. The number of nitrogens with one attached hydrogen (secondary N) is 1. The van der Waals surface area contributed by atoms with Crippen molar-refractivity contribution in [1.82, 2.24) is 10.2 Å². The van der Waals surface area contributed by atoms with Crippen LogP contribution in [0.15, 0.2) is 65.6 Å². The predicted molar refractivity (Wildman–Crippen MR) is 120 cm³/mol. The van der Waals surface area contributed by atoms with Crippen LogP contribution in [0.1, 0.15) is 27.6 Å². The number of benzene rings is 3. The van der Waals surface area contributed by atoms with E-state index >= 15 is 0 Å². The van der Waals surface area contributed by atoms with Crippen LogP contribution in [0.5, 0.6) is 5.75 Å². The number of hydrogen-bond acceptors (Lipinski definition) is 4. The number of alkyl halides is 3. The van der Waals surface area contributed by atoms with Gasteiger partial charge in [0.1, 0.15) is 17.1 Å². The van der Waals surface area contributed by atoms with Crippen LogP contribution >= 0.6 is 11.8 Å². The molecular weight excluding hydrogens is 472 g/mol. The number of ether oxygens (including phenoxy) is 1. The Balaban J connectivity index is 1.73. The minimum Gasteiger partial charge on any atom is -0.482 e. The van der Waals surface area contributed by atoms with E-state index in [4.69, 9.17) is 9.84 Å². The first-order valence-corrected chi connectivity index (χ1v) is 10.9. The molecule has 0 spiro atoms. The normalized spacial score (nSPS) is 12.6. The zero-order valence-electron chi connectivity index (χ0n) is 17.7. The first-order chi connectivity index (χ1) is 16.1. The van der Waals surface area contributed by atoms with Crippen LogP contribution in [0, 0.1) is 12.7 Å². The van der Waals surface area contributed by atoms with E-state index in [0.717, 1.165) is 17.0 Å². The van der Waals surface area contributed by atoms with E-state index in [1.165, 1.54) is 30.0 Å². The Bertz CT molecular complexity index is 1340. The van der Waals surface area contributed by atoms with Crippen molar-refractivity contribution in [2.45, 2.75) is 23.2 Å². The summed E-state index contributed by atoms with van der Waals surface area (Å²) in [6, 6.07) is 14.5. The van der Waals surface area contributed by atoms with Crippen molar-refractivity contribution in [2.24, 2.45) is 0 Å². The minimum atomic E-state index is -4.47. The van der Waals surface area contributed by atoms with E-state index in [0.29, 0.717) is 28.0 Å². The molecule has 0 aliphatic heterocycles. The molecule has 34 heavy (non-hydrogen) atoms. The second kappa shape index (κ2) is 9.38. The number of para-hydroxylation sites is 1. The molecule has 10 heteroatoms. The fraction of sp³-hybridized carbons (Fsp3) is 0.167. The van der Waals surface area contributed by atoms with Gasteiger partial charge in [-0.05, 0) is 54.4 Å². The number of fused-ring (bicyclic) bond motifs is 1. The number of nitrogens with zero attached hydrogens (tertiary/aromatic N) is 1. The number of H-pyrrole nitrogens is 1. The molecule has 0 aliphatic rings. The maximum absolute atomic E-state index is 14.2. The Morgan fingerprint density at radius 3 is 2.53 bits per heavy atom. The Morgan fingerprint density at radius 2 is 1.88 bits per heavy atom. The van der Waals surface area contributed by atoms with E-state index in [9.17, 15) is 22.4 Å². The lowest BCUT2D eigenvalue weighted by Gasteiger charge is -2.18. The van der Waals surface area contributed by atoms with Crippen molar-refractivity contribution in [3.05, 3.63) is 88.9 Å². The van der Waals surface area contributed by atoms with E-state index in [-0.39, 0.29) is 5.52 Å². The van der Waals surface area contributed by atoms with Gasteiger partial charge < -0.3 is 9.84 Å². The summed E-state index contributed by atoms with van der Waals surface area (Å²) in [4.78, 5) is 11.5. The summed E-state index contributed by atoms with van der Waals surface area (Å²) in [5.41, 5.74) is 1.16. The van der Waals surface area contributed by atoms with Gasteiger partial charge in [-0.2, -0.15) is 18.3 Å². The molecule has 0 bridgehead atoms. The third-order valence-corrected chi connectivity index (χ3v) is 6.38. The van der Waals surface area contributed by atoms with Crippen molar-refractivity contribution in [2.75, 3.05) is 6.61 Å². The van der Waals surface area contributed by atoms with Crippen LogP contribution < -0.4 is 4.74 Å². The van der Waals surface area contributed by atoms with Gasteiger partial charge in [-0.1, -0.05) is 24.3 Å². The van der Waals surface area contributed by atoms with Crippen molar-refractivity contribution in [3.63, 3.8) is 0 Å². The molecule has 4 aromatic rings. The van der Waals surface area contributed by atoms with Crippen LogP contribution in [0.4, 0.5) is 17.6 Å². The summed E-state index contributed by atoms with van der Waals surface area (Å²) in [5, 5.41) is 15.8. The molecule has 1 atom stereocenters. The highest BCUT2D eigenvalue weighted by molar-refractivity contribution is 7.99. The lowest BCUT2D eigenvalue weighted by Crippen LogP contribution is -2.10. The molecule has 5 nitrogen and oxygen atoms in total. The number of aromatic nitrogens is 2. The quantitative estimate of drug-likeness (QED) is 0.232. The lowest BCUT2D eigenvalue weighted by molar-refractivity contribution is -0.139. The summed E-state index contributed by atoms with van der Waals surface area (Å²) < 4.78 is 58.7.